The first-order valence-corrected chi connectivity index (χ1v) is 11.7. The molecule has 0 unspecified atom stereocenters. The van der Waals surface area contributed by atoms with E-state index in [0.29, 0.717) is 0 Å². The minimum Gasteiger partial charge on any atom is -1.00 e. The number of benzene rings is 4. The molecule has 0 bridgehead atoms. The van der Waals surface area contributed by atoms with Gasteiger partial charge in [0, 0.05) is 14.1 Å². The number of hydrogen-bond acceptors (Lipinski definition) is 1. The van der Waals surface area contributed by atoms with Crippen LogP contribution in [0.2, 0.25) is 0 Å². The molecule has 0 heterocycles. The second-order valence-electron chi connectivity index (χ2n) is 7.08. The van der Waals surface area contributed by atoms with Gasteiger partial charge in [0.2, 0.25) is 6.41 Å². The highest BCUT2D eigenvalue weighted by atomic mass is 35.5. The average molecular weight is 448 g/mol. The van der Waals surface area contributed by atoms with Gasteiger partial charge < -0.3 is 17.3 Å². The number of hydrogen-bond donors (Lipinski definition) is 0. The fourth-order valence-electron chi connectivity index (χ4n) is 3.50. The van der Waals surface area contributed by atoms with Crippen molar-refractivity contribution in [1.82, 2.24) is 4.90 Å². The van der Waals surface area contributed by atoms with Gasteiger partial charge in [-0.2, -0.15) is 0 Å². The summed E-state index contributed by atoms with van der Waals surface area (Å²) in [5.41, 5.74) is 0. The molecule has 158 valence electrons. The lowest BCUT2D eigenvalue weighted by Gasteiger charge is -2.27. The lowest BCUT2D eigenvalue weighted by atomic mass is 10.3. The molecule has 0 aliphatic carbocycles. The van der Waals surface area contributed by atoms with Crippen molar-refractivity contribution in [2.75, 3.05) is 14.1 Å². The Kier molecular flexibility index (Phi) is 9.46. The Bertz CT molecular complexity index is 862. The van der Waals surface area contributed by atoms with Crippen LogP contribution in [0.15, 0.2) is 121 Å². The van der Waals surface area contributed by atoms with Crippen LogP contribution < -0.4 is 33.6 Å². The summed E-state index contributed by atoms with van der Waals surface area (Å²) in [6, 6.07) is 43.8. The monoisotopic (exact) mass is 447 g/mol. The van der Waals surface area contributed by atoms with Gasteiger partial charge in [-0.25, -0.2) is 0 Å². The van der Waals surface area contributed by atoms with E-state index in [9.17, 15) is 4.79 Å². The smallest absolute Gasteiger partial charge is 0.209 e. The first-order valence-electron chi connectivity index (χ1n) is 9.93. The van der Waals surface area contributed by atoms with Crippen LogP contribution in [-0.4, -0.2) is 25.4 Å². The molecule has 0 fully saturated rings. The highest BCUT2D eigenvalue weighted by Gasteiger charge is 2.47. The third kappa shape index (κ3) is 5.61. The van der Waals surface area contributed by atoms with Gasteiger partial charge in [-0.3, -0.25) is 4.79 Å². The lowest BCUT2D eigenvalue weighted by Crippen LogP contribution is -3.00. The summed E-state index contributed by atoms with van der Waals surface area (Å²) >= 11 is 0. The molecule has 0 atom stereocenters. The summed E-state index contributed by atoms with van der Waals surface area (Å²) in [7, 11) is 1.47. The third-order valence-electron chi connectivity index (χ3n) is 4.78. The maximum Gasteiger partial charge on any atom is 0.209 e. The number of rotatable bonds is 5. The molecule has 0 saturated heterocycles. The molecule has 4 aromatic rings. The minimum atomic E-state index is -1.91. The molecule has 0 aromatic heterocycles. The summed E-state index contributed by atoms with van der Waals surface area (Å²) in [5.74, 6) is 0. The van der Waals surface area contributed by atoms with Gasteiger partial charge >= 0.3 is 0 Å². The molecule has 2 nitrogen and oxygen atoms in total. The van der Waals surface area contributed by atoms with E-state index in [2.05, 4.69) is 121 Å². The zero-order valence-electron chi connectivity index (χ0n) is 17.8. The van der Waals surface area contributed by atoms with E-state index in [1.807, 2.05) is 0 Å². The maximum atomic E-state index is 9.43. The molecular weight excluding hydrogens is 421 g/mol. The standard InChI is InChI=1S/C24H20P.C3H7NO.ClH/c1-5-13-21(14-6-1)25(22-15-7-2-8-16-22,23-17-9-3-10-18-23)24-19-11-4-12-20-24;1-4(2)3-5;/h1-20H;3H,1-2H3;1H/q+1;;/p-1. The Balaban J connectivity index is 0.000000514. The lowest BCUT2D eigenvalue weighted by molar-refractivity contribution is -0.115. The van der Waals surface area contributed by atoms with Crippen LogP contribution in [-0.2, 0) is 4.79 Å². The van der Waals surface area contributed by atoms with Crippen molar-refractivity contribution in [2.24, 2.45) is 0 Å². The first-order chi connectivity index (χ1) is 14.7. The van der Waals surface area contributed by atoms with Crippen LogP contribution >= 0.6 is 7.26 Å². The van der Waals surface area contributed by atoms with Gasteiger partial charge in [0.15, 0.2) is 0 Å². The molecule has 0 spiro atoms. The predicted molar refractivity (Wildman–Crippen MR) is 131 cm³/mol. The van der Waals surface area contributed by atoms with E-state index in [-0.39, 0.29) is 12.4 Å². The molecular formula is C27H27ClNOP. The molecule has 4 heteroatoms. The van der Waals surface area contributed by atoms with Crippen molar-refractivity contribution in [3.63, 3.8) is 0 Å². The van der Waals surface area contributed by atoms with E-state index < -0.39 is 7.26 Å². The van der Waals surface area contributed by atoms with Crippen LogP contribution in [0.5, 0.6) is 0 Å². The first kappa shape index (κ1) is 24.3. The van der Waals surface area contributed by atoms with Crippen molar-refractivity contribution in [3.05, 3.63) is 121 Å². The summed E-state index contributed by atoms with van der Waals surface area (Å²) in [5, 5.41) is 5.55. The van der Waals surface area contributed by atoms with E-state index >= 15 is 0 Å². The molecule has 4 rings (SSSR count). The Hall–Kier alpha value is -2.93. The van der Waals surface area contributed by atoms with Gasteiger partial charge in [-0.15, -0.1) is 0 Å². The average Bonchev–Trinajstić information content (AvgIpc) is 2.83. The highest BCUT2D eigenvalue weighted by Crippen LogP contribution is 2.53. The highest BCUT2D eigenvalue weighted by molar-refractivity contribution is 8.01. The van der Waals surface area contributed by atoms with Crippen LogP contribution in [0.1, 0.15) is 0 Å². The van der Waals surface area contributed by atoms with Crippen molar-refractivity contribution < 1.29 is 17.2 Å². The molecule has 0 N–H and O–H groups in total. The minimum absolute atomic E-state index is 0. The van der Waals surface area contributed by atoms with E-state index in [0.717, 1.165) is 6.41 Å². The van der Waals surface area contributed by atoms with Gasteiger partial charge in [0.25, 0.3) is 0 Å². The quantitative estimate of drug-likeness (QED) is 0.330. The van der Waals surface area contributed by atoms with Crippen molar-refractivity contribution >= 4 is 34.9 Å². The van der Waals surface area contributed by atoms with Crippen molar-refractivity contribution in [3.8, 4) is 0 Å². The Morgan fingerprint density at radius 3 is 0.871 bits per heavy atom. The predicted octanol–water partition coefficient (Wildman–Crippen LogP) is 1.01. The fourth-order valence-corrected chi connectivity index (χ4v) is 7.77. The number of carbonyl (C=O) groups excluding carboxylic acids is 1. The normalized spacial score (nSPS) is 10.1. The Morgan fingerprint density at radius 1 is 0.516 bits per heavy atom. The maximum absolute atomic E-state index is 9.43. The summed E-state index contributed by atoms with van der Waals surface area (Å²) < 4.78 is 0. The van der Waals surface area contributed by atoms with Crippen LogP contribution in [0.3, 0.4) is 0 Å². The number of carbonyl (C=O) groups is 1. The molecule has 1 amide bonds. The molecule has 0 radical (unpaired) electrons. The van der Waals surface area contributed by atoms with Crippen LogP contribution in [0.4, 0.5) is 0 Å². The van der Waals surface area contributed by atoms with Gasteiger partial charge in [-0.1, -0.05) is 72.8 Å². The second-order valence-corrected chi connectivity index (χ2v) is 10.5. The Labute approximate surface area is 192 Å². The summed E-state index contributed by atoms with van der Waals surface area (Å²) in [6.45, 7) is 0. The third-order valence-corrected chi connectivity index (χ3v) is 9.08. The summed E-state index contributed by atoms with van der Waals surface area (Å²) in [4.78, 5) is 10.9. The second kappa shape index (κ2) is 12.1. The van der Waals surface area contributed by atoms with Gasteiger partial charge in [0.1, 0.15) is 28.5 Å². The number of halogens is 1. The SMILES string of the molecule is CN(C)C=O.[Cl-].c1ccc([P+](c2ccccc2)(c2ccccc2)c2ccccc2)cc1. The van der Waals surface area contributed by atoms with Crippen molar-refractivity contribution in [2.45, 2.75) is 0 Å². The zero-order valence-corrected chi connectivity index (χ0v) is 19.5. The van der Waals surface area contributed by atoms with E-state index in [1.165, 1.54) is 26.1 Å². The van der Waals surface area contributed by atoms with Crippen molar-refractivity contribution in [1.29, 1.82) is 0 Å². The molecule has 31 heavy (non-hydrogen) atoms. The Morgan fingerprint density at radius 2 is 0.710 bits per heavy atom. The number of amides is 1. The molecule has 0 saturated carbocycles. The molecule has 0 aliphatic rings. The van der Waals surface area contributed by atoms with E-state index in [4.69, 9.17) is 0 Å². The number of nitrogens with zero attached hydrogens (tertiary/aromatic N) is 1. The van der Waals surface area contributed by atoms with Gasteiger partial charge in [0.05, 0.1) is 0 Å². The molecule has 0 aliphatic heterocycles. The fraction of sp³-hybridized carbons (Fsp3) is 0.0741. The van der Waals surface area contributed by atoms with E-state index in [1.54, 1.807) is 14.1 Å². The summed E-state index contributed by atoms with van der Waals surface area (Å²) in [6.07, 6.45) is 0.750. The van der Waals surface area contributed by atoms with Crippen LogP contribution in [0, 0.1) is 0 Å². The topological polar surface area (TPSA) is 20.3 Å². The van der Waals surface area contributed by atoms with Crippen LogP contribution in [0.25, 0.3) is 0 Å². The largest absolute Gasteiger partial charge is 1.00 e. The zero-order chi connectivity index (χ0) is 21.2. The molecule has 4 aromatic carbocycles. The van der Waals surface area contributed by atoms with Gasteiger partial charge in [-0.05, 0) is 48.5 Å².